The molecular weight excluding hydrogens is 476 g/mol. The minimum absolute atomic E-state index is 0.0325. The van der Waals surface area contributed by atoms with Gasteiger partial charge in [0.2, 0.25) is 0 Å². The van der Waals surface area contributed by atoms with Gasteiger partial charge in [-0.2, -0.15) is 18.5 Å². The summed E-state index contributed by atoms with van der Waals surface area (Å²) < 4.78 is 36.3. The average molecular weight is 497 g/mol. The molecule has 0 N–H and O–H groups in total. The van der Waals surface area contributed by atoms with Crippen LogP contribution in [0.5, 0.6) is 11.5 Å². The molecule has 0 atom stereocenters. The van der Waals surface area contributed by atoms with Gasteiger partial charge in [0.15, 0.2) is 11.5 Å². The van der Waals surface area contributed by atoms with E-state index in [9.17, 15) is 13.2 Å². The molecule has 0 saturated carbocycles. The van der Waals surface area contributed by atoms with Crippen molar-refractivity contribution in [2.75, 3.05) is 11.6 Å². The SMILES string of the molecule is CCOc1cc(/C=C2/C(=O)N(c3ccccc3)N=C2C)ccc1OS(=O)(=O)c1ccc(Cl)cc1. The first-order chi connectivity index (χ1) is 16.3. The van der Waals surface area contributed by atoms with E-state index in [1.807, 2.05) is 18.2 Å². The smallest absolute Gasteiger partial charge is 0.339 e. The number of para-hydroxylation sites is 1. The summed E-state index contributed by atoms with van der Waals surface area (Å²) >= 11 is 5.84. The van der Waals surface area contributed by atoms with E-state index in [4.69, 9.17) is 20.5 Å². The van der Waals surface area contributed by atoms with Gasteiger partial charge in [0.05, 0.1) is 23.6 Å². The van der Waals surface area contributed by atoms with E-state index in [0.29, 0.717) is 34.2 Å². The van der Waals surface area contributed by atoms with Crippen LogP contribution in [0.3, 0.4) is 0 Å². The van der Waals surface area contributed by atoms with Crippen molar-refractivity contribution in [1.29, 1.82) is 0 Å². The van der Waals surface area contributed by atoms with Gasteiger partial charge in [-0.15, -0.1) is 0 Å². The second kappa shape index (κ2) is 9.70. The van der Waals surface area contributed by atoms with Crippen molar-refractivity contribution in [1.82, 2.24) is 0 Å². The van der Waals surface area contributed by atoms with Crippen LogP contribution < -0.4 is 13.9 Å². The molecule has 3 aromatic rings. The molecule has 0 aromatic heterocycles. The summed E-state index contributed by atoms with van der Waals surface area (Å²) in [4.78, 5) is 12.9. The van der Waals surface area contributed by atoms with E-state index in [1.165, 1.54) is 35.3 Å². The monoisotopic (exact) mass is 496 g/mol. The van der Waals surface area contributed by atoms with Crippen LogP contribution in [0.25, 0.3) is 6.08 Å². The van der Waals surface area contributed by atoms with E-state index in [-0.39, 0.29) is 22.3 Å². The Kier molecular flexibility index (Phi) is 6.72. The number of carbonyl (C=O) groups excluding carboxylic acids is 1. The molecule has 0 saturated heterocycles. The zero-order chi connectivity index (χ0) is 24.3. The second-order valence-electron chi connectivity index (χ2n) is 7.33. The Labute approximate surface area is 203 Å². The summed E-state index contributed by atoms with van der Waals surface area (Å²) in [5, 5.41) is 6.13. The number of amides is 1. The van der Waals surface area contributed by atoms with Crippen LogP contribution in [0.4, 0.5) is 5.69 Å². The van der Waals surface area contributed by atoms with Crippen LogP contribution in [0.1, 0.15) is 19.4 Å². The maximum atomic E-state index is 13.0. The van der Waals surface area contributed by atoms with E-state index >= 15 is 0 Å². The Bertz CT molecular complexity index is 1380. The van der Waals surface area contributed by atoms with Crippen molar-refractivity contribution in [3.8, 4) is 11.5 Å². The zero-order valence-electron chi connectivity index (χ0n) is 18.4. The number of nitrogens with zero attached hydrogens (tertiary/aromatic N) is 2. The quantitative estimate of drug-likeness (QED) is 0.327. The van der Waals surface area contributed by atoms with Crippen LogP contribution in [0, 0.1) is 0 Å². The second-order valence-corrected chi connectivity index (χ2v) is 9.31. The summed E-state index contributed by atoms with van der Waals surface area (Å²) in [6.07, 6.45) is 1.68. The van der Waals surface area contributed by atoms with Gasteiger partial charge in [-0.1, -0.05) is 35.9 Å². The van der Waals surface area contributed by atoms with Gasteiger partial charge in [-0.3, -0.25) is 4.79 Å². The topological polar surface area (TPSA) is 85.3 Å². The Hall–Kier alpha value is -3.62. The number of hydrazone groups is 1. The molecule has 1 amide bonds. The van der Waals surface area contributed by atoms with E-state index in [1.54, 1.807) is 44.2 Å². The first kappa shape index (κ1) is 23.5. The lowest BCUT2D eigenvalue weighted by Crippen LogP contribution is -2.21. The molecule has 0 fully saturated rings. The molecule has 34 heavy (non-hydrogen) atoms. The van der Waals surface area contributed by atoms with E-state index in [0.717, 1.165) is 0 Å². The van der Waals surface area contributed by atoms with Crippen molar-refractivity contribution < 1.29 is 22.1 Å². The molecule has 1 aliphatic rings. The Morgan fingerprint density at radius 3 is 2.38 bits per heavy atom. The van der Waals surface area contributed by atoms with Gasteiger partial charge in [0.1, 0.15) is 4.90 Å². The lowest BCUT2D eigenvalue weighted by molar-refractivity contribution is -0.114. The molecule has 1 aliphatic heterocycles. The maximum absolute atomic E-state index is 13.0. The lowest BCUT2D eigenvalue weighted by atomic mass is 10.1. The molecule has 9 heteroatoms. The molecule has 7 nitrogen and oxygen atoms in total. The number of carbonyl (C=O) groups is 1. The van der Waals surface area contributed by atoms with Crippen LogP contribution in [0.15, 0.2) is 88.4 Å². The van der Waals surface area contributed by atoms with Gasteiger partial charge in [0.25, 0.3) is 5.91 Å². The van der Waals surface area contributed by atoms with Gasteiger partial charge < -0.3 is 8.92 Å². The summed E-state index contributed by atoms with van der Waals surface area (Å²) in [5.41, 5.74) is 2.29. The fourth-order valence-corrected chi connectivity index (χ4v) is 4.38. The van der Waals surface area contributed by atoms with Crippen LogP contribution in [0.2, 0.25) is 5.02 Å². The zero-order valence-corrected chi connectivity index (χ0v) is 20.0. The average Bonchev–Trinajstić information content (AvgIpc) is 3.10. The number of ether oxygens (including phenoxy) is 1. The predicted octanol–water partition coefficient (Wildman–Crippen LogP) is 5.31. The van der Waals surface area contributed by atoms with Crippen LogP contribution >= 0.6 is 11.6 Å². The third-order valence-electron chi connectivity index (χ3n) is 4.94. The van der Waals surface area contributed by atoms with Crippen LogP contribution in [-0.2, 0) is 14.9 Å². The van der Waals surface area contributed by atoms with Crippen molar-refractivity contribution in [2.24, 2.45) is 5.10 Å². The van der Waals surface area contributed by atoms with Crippen molar-refractivity contribution in [3.05, 3.63) is 89.0 Å². The standard InChI is InChI=1S/C25H21ClN2O5S/c1-3-32-24-16-18(9-14-23(24)33-34(30,31)21-12-10-19(26)11-13-21)15-22-17(2)27-28(25(22)29)20-7-5-4-6-8-20/h4-16H,3H2,1-2H3/b22-15+. The predicted molar refractivity (Wildman–Crippen MR) is 132 cm³/mol. The molecule has 0 spiro atoms. The Morgan fingerprint density at radius 1 is 1.00 bits per heavy atom. The molecule has 3 aromatic carbocycles. The fraction of sp³-hybridized carbons (Fsp3) is 0.120. The lowest BCUT2D eigenvalue weighted by Gasteiger charge is -2.13. The summed E-state index contributed by atoms with van der Waals surface area (Å²) in [6.45, 7) is 3.82. The van der Waals surface area contributed by atoms with Gasteiger partial charge >= 0.3 is 10.1 Å². The number of rotatable bonds is 7. The minimum atomic E-state index is -4.10. The third-order valence-corrected chi connectivity index (χ3v) is 6.44. The van der Waals surface area contributed by atoms with Gasteiger partial charge in [-0.05, 0) is 74.0 Å². The van der Waals surface area contributed by atoms with Crippen LogP contribution in [-0.4, -0.2) is 26.6 Å². The molecule has 0 bridgehead atoms. The Morgan fingerprint density at radius 2 is 1.71 bits per heavy atom. The highest BCUT2D eigenvalue weighted by Gasteiger charge is 2.28. The number of anilines is 1. The largest absolute Gasteiger partial charge is 0.490 e. The Balaban J connectivity index is 1.63. The highest BCUT2D eigenvalue weighted by atomic mass is 35.5. The first-order valence-corrected chi connectivity index (χ1v) is 12.2. The molecule has 0 radical (unpaired) electrons. The summed E-state index contributed by atoms with van der Waals surface area (Å²) in [7, 11) is -4.10. The summed E-state index contributed by atoms with van der Waals surface area (Å²) in [5.74, 6) is 0.00893. The molecule has 4 rings (SSSR count). The first-order valence-electron chi connectivity index (χ1n) is 10.4. The summed E-state index contributed by atoms with van der Waals surface area (Å²) in [6, 6.07) is 19.6. The van der Waals surface area contributed by atoms with Gasteiger partial charge in [0, 0.05) is 5.02 Å². The number of hydrogen-bond donors (Lipinski definition) is 0. The molecular formula is C25H21ClN2O5S. The minimum Gasteiger partial charge on any atom is -0.490 e. The number of hydrogen-bond acceptors (Lipinski definition) is 6. The molecule has 0 aliphatic carbocycles. The third kappa shape index (κ3) is 4.98. The molecule has 1 heterocycles. The van der Waals surface area contributed by atoms with E-state index < -0.39 is 10.1 Å². The molecule has 174 valence electrons. The van der Waals surface area contributed by atoms with Crippen molar-refractivity contribution >= 4 is 45.1 Å². The van der Waals surface area contributed by atoms with Crippen molar-refractivity contribution in [3.63, 3.8) is 0 Å². The maximum Gasteiger partial charge on any atom is 0.339 e. The number of halogens is 1. The highest BCUT2D eigenvalue weighted by Crippen LogP contribution is 2.33. The fourth-order valence-electron chi connectivity index (χ4n) is 3.31. The van der Waals surface area contributed by atoms with Gasteiger partial charge in [-0.25, -0.2) is 0 Å². The highest BCUT2D eigenvalue weighted by molar-refractivity contribution is 7.87. The van der Waals surface area contributed by atoms with Crippen molar-refractivity contribution in [2.45, 2.75) is 18.7 Å². The van der Waals surface area contributed by atoms with E-state index in [2.05, 4.69) is 5.10 Å². The number of benzene rings is 3. The molecule has 0 unspecified atom stereocenters. The normalized spacial score (nSPS) is 14.9.